The van der Waals surface area contributed by atoms with Gasteiger partial charge in [-0.15, -0.1) is 0 Å². The average Bonchev–Trinajstić information content (AvgIpc) is 3.29. The zero-order valence-electron chi connectivity index (χ0n) is 17.7. The van der Waals surface area contributed by atoms with Crippen molar-refractivity contribution in [3.63, 3.8) is 0 Å². The summed E-state index contributed by atoms with van der Waals surface area (Å²) in [5.74, 6) is -0.178. The SMILES string of the molecule is C[C@]1(CCc2ccccc2[B]N2CCc3nc(Cl)ccc3C2)Cn2cc([N+](=O)[O-])nc2O1. The minimum absolute atomic E-state index is 0.178. The molecule has 0 saturated carbocycles. The molecular formula is C22H22BClN5O3. The van der Waals surface area contributed by atoms with Crippen molar-refractivity contribution >= 4 is 30.3 Å². The maximum absolute atomic E-state index is 10.9. The molecule has 2 aliphatic heterocycles. The van der Waals surface area contributed by atoms with Crippen LogP contribution < -0.4 is 10.2 Å². The van der Waals surface area contributed by atoms with Crippen molar-refractivity contribution in [3.8, 4) is 6.01 Å². The quantitative estimate of drug-likeness (QED) is 0.248. The van der Waals surface area contributed by atoms with Gasteiger partial charge in [-0.25, -0.2) is 4.98 Å². The number of nitrogens with zero attached hydrogens (tertiary/aromatic N) is 5. The lowest BCUT2D eigenvalue weighted by Crippen LogP contribution is -2.41. The van der Waals surface area contributed by atoms with E-state index in [1.54, 1.807) is 4.57 Å². The van der Waals surface area contributed by atoms with Crippen molar-refractivity contribution in [2.24, 2.45) is 0 Å². The predicted octanol–water partition coefficient (Wildman–Crippen LogP) is 2.93. The van der Waals surface area contributed by atoms with Crippen molar-refractivity contribution in [1.29, 1.82) is 0 Å². The van der Waals surface area contributed by atoms with E-state index < -0.39 is 10.5 Å². The Hall–Kier alpha value is -2.91. The molecule has 0 amide bonds. The maximum Gasteiger partial charge on any atom is 0.414 e. The summed E-state index contributed by atoms with van der Waals surface area (Å²) in [7, 11) is 2.22. The summed E-state index contributed by atoms with van der Waals surface area (Å²) in [6.45, 7) is 4.29. The monoisotopic (exact) mass is 450 g/mol. The summed E-state index contributed by atoms with van der Waals surface area (Å²) in [6, 6.07) is 12.6. The summed E-state index contributed by atoms with van der Waals surface area (Å²) in [5, 5.41) is 11.5. The fourth-order valence-electron chi connectivity index (χ4n) is 4.42. The molecule has 1 aromatic carbocycles. The van der Waals surface area contributed by atoms with E-state index in [1.165, 1.54) is 22.8 Å². The normalized spacial score (nSPS) is 19.8. The average molecular weight is 451 g/mol. The van der Waals surface area contributed by atoms with E-state index in [0.29, 0.717) is 17.7 Å². The van der Waals surface area contributed by atoms with Crippen LogP contribution in [0.15, 0.2) is 42.6 Å². The number of ether oxygens (including phenoxy) is 1. The van der Waals surface area contributed by atoms with Gasteiger partial charge in [0.05, 0.1) is 6.54 Å². The summed E-state index contributed by atoms with van der Waals surface area (Å²) < 4.78 is 7.72. The van der Waals surface area contributed by atoms with Gasteiger partial charge in [-0.1, -0.05) is 53.0 Å². The van der Waals surface area contributed by atoms with Crippen LogP contribution in [0, 0.1) is 10.1 Å². The zero-order chi connectivity index (χ0) is 22.3. The van der Waals surface area contributed by atoms with Crippen molar-refractivity contribution in [3.05, 3.63) is 74.7 Å². The van der Waals surface area contributed by atoms with E-state index >= 15 is 0 Å². The van der Waals surface area contributed by atoms with Crippen LogP contribution in [0.2, 0.25) is 5.15 Å². The fourth-order valence-corrected chi connectivity index (χ4v) is 4.58. The lowest BCUT2D eigenvalue weighted by molar-refractivity contribution is -0.389. The minimum Gasteiger partial charge on any atom is -0.438 e. The Labute approximate surface area is 191 Å². The Balaban J connectivity index is 1.24. The van der Waals surface area contributed by atoms with Crippen LogP contribution in [0.4, 0.5) is 5.82 Å². The number of aryl methyl sites for hydroxylation is 1. The van der Waals surface area contributed by atoms with Gasteiger partial charge in [0, 0.05) is 23.6 Å². The molecule has 1 radical (unpaired) electrons. The molecule has 0 aliphatic carbocycles. The Bertz CT molecular complexity index is 1160. The molecule has 3 aromatic rings. The smallest absolute Gasteiger partial charge is 0.414 e. The number of hydrogen-bond acceptors (Lipinski definition) is 6. The molecule has 163 valence electrons. The number of rotatable bonds is 6. The number of aromatic nitrogens is 3. The van der Waals surface area contributed by atoms with E-state index in [0.717, 1.165) is 38.0 Å². The summed E-state index contributed by atoms with van der Waals surface area (Å²) >= 11 is 6.03. The highest BCUT2D eigenvalue weighted by Gasteiger charge is 2.40. The number of pyridine rings is 1. The number of nitro groups is 1. The Morgan fingerprint density at radius 1 is 1.28 bits per heavy atom. The molecule has 10 heteroatoms. The molecule has 0 unspecified atom stereocenters. The van der Waals surface area contributed by atoms with Crippen LogP contribution in [0.3, 0.4) is 0 Å². The van der Waals surface area contributed by atoms with Gasteiger partial charge in [-0.2, -0.15) is 0 Å². The Morgan fingerprint density at radius 3 is 2.94 bits per heavy atom. The third-order valence-electron chi connectivity index (χ3n) is 6.10. The van der Waals surface area contributed by atoms with Crippen LogP contribution in [-0.4, -0.2) is 43.8 Å². The Morgan fingerprint density at radius 2 is 2.12 bits per heavy atom. The van der Waals surface area contributed by atoms with Crippen molar-refractivity contribution in [2.75, 3.05) is 6.54 Å². The van der Waals surface area contributed by atoms with Crippen LogP contribution in [0.5, 0.6) is 6.01 Å². The van der Waals surface area contributed by atoms with Crippen molar-refractivity contribution < 1.29 is 9.66 Å². The lowest BCUT2D eigenvalue weighted by atomic mass is 9.74. The van der Waals surface area contributed by atoms with Crippen LogP contribution >= 0.6 is 11.6 Å². The third-order valence-corrected chi connectivity index (χ3v) is 6.31. The first-order chi connectivity index (χ1) is 15.4. The highest BCUT2D eigenvalue weighted by atomic mass is 35.5. The van der Waals surface area contributed by atoms with E-state index in [9.17, 15) is 10.1 Å². The molecule has 0 spiro atoms. The molecule has 1 atom stereocenters. The molecule has 0 bridgehead atoms. The molecule has 8 nitrogen and oxygen atoms in total. The van der Waals surface area contributed by atoms with Crippen LogP contribution in [0.25, 0.3) is 0 Å². The maximum atomic E-state index is 10.9. The number of benzene rings is 1. The molecule has 2 aromatic heterocycles. The highest BCUT2D eigenvalue weighted by molar-refractivity contribution is 6.51. The molecule has 0 saturated heterocycles. The standard InChI is InChI=1S/C22H22BClN5O3/c1-22(14-27-13-20(29(30)31)26-21(27)32-22)10-8-15-4-2-3-5-17(15)23-28-11-9-18-16(12-28)6-7-19(24)25-18/h2-7,13H,8-12,14H2,1H3/t22-/m0/s1. The number of halogens is 1. The second-order valence-electron chi connectivity index (χ2n) is 8.61. The summed E-state index contributed by atoms with van der Waals surface area (Å²) in [5.41, 5.74) is 4.28. The fraction of sp³-hybridized carbons (Fsp3) is 0.364. The largest absolute Gasteiger partial charge is 0.438 e. The number of fused-ring (bicyclic) bond motifs is 2. The van der Waals surface area contributed by atoms with Gasteiger partial charge in [0.25, 0.3) is 0 Å². The van der Waals surface area contributed by atoms with E-state index in [-0.39, 0.29) is 5.82 Å². The van der Waals surface area contributed by atoms with Gasteiger partial charge in [0.2, 0.25) is 7.41 Å². The first-order valence-electron chi connectivity index (χ1n) is 10.6. The second kappa shape index (κ2) is 8.22. The minimum atomic E-state index is -0.498. The molecule has 5 rings (SSSR count). The van der Waals surface area contributed by atoms with Crippen LogP contribution in [0.1, 0.15) is 30.2 Å². The van der Waals surface area contributed by atoms with Crippen molar-refractivity contribution in [2.45, 2.75) is 44.9 Å². The topological polar surface area (TPSA) is 86.3 Å². The van der Waals surface area contributed by atoms with Gasteiger partial charge >= 0.3 is 11.8 Å². The number of imidazole rings is 1. The third kappa shape index (κ3) is 4.22. The van der Waals surface area contributed by atoms with Gasteiger partial charge in [-0.05, 0) is 42.9 Å². The van der Waals surface area contributed by atoms with Gasteiger partial charge < -0.3 is 19.7 Å². The van der Waals surface area contributed by atoms with E-state index in [1.807, 2.05) is 13.0 Å². The van der Waals surface area contributed by atoms with Gasteiger partial charge in [-0.3, -0.25) is 4.57 Å². The highest BCUT2D eigenvalue weighted by Crippen LogP contribution is 2.33. The van der Waals surface area contributed by atoms with Gasteiger partial charge in [0.15, 0.2) is 0 Å². The first kappa shape index (κ1) is 21.0. The Kier molecular flexibility index (Phi) is 5.39. The zero-order valence-corrected chi connectivity index (χ0v) is 18.5. The lowest BCUT2D eigenvalue weighted by Gasteiger charge is -2.28. The molecule has 4 heterocycles. The van der Waals surface area contributed by atoms with E-state index in [2.05, 4.69) is 52.5 Å². The molecule has 0 N–H and O–H groups in total. The summed E-state index contributed by atoms with van der Waals surface area (Å²) in [6.07, 6.45) is 3.93. The first-order valence-corrected chi connectivity index (χ1v) is 11.0. The molecule has 32 heavy (non-hydrogen) atoms. The number of hydrogen-bond donors (Lipinski definition) is 0. The summed E-state index contributed by atoms with van der Waals surface area (Å²) in [4.78, 5) is 21.2. The molecule has 2 aliphatic rings. The predicted molar refractivity (Wildman–Crippen MR) is 121 cm³/mol. The van der Waals surface area contributed by atoms with Gasteiger partial charge in [0.1, 0.15) is 17.0 Å². The molecule has 0 fully saturated rings. The van der Waals surface area contributed by atoms with Crippen molar-refractivity contribution in [1.82, 2.24) is 19.3 Å². The van der Waals surface area contributed by atoms with Crippen LogP contribution in [-0.2, 0) is 25.9 Å². The molecular weight excluding hydrogens is 429 g/mol. The van der Waals surface area contributed by atoms with E-state index in [4.69, 9.17) is 16.3 Å². The second-order valence-corrected chi connectivity index (χ2v) is 8.99.